The van der Waals surface area contributed by atoms with Gasteiger partial charge in [0.25, 0.3) is 0 Å². The van der Waals surface area contributed by atoms with Gasteiger partial charge in [-0.05, 0) is 36.6 Å². The molecular formula is C18H21F3N4O3S. The summed E-state index contributed by atoms with van der Waals surface area (Å²) in [5.41, 5.74) is -0.492. The second-order valence-electron chi connectivity index (χ2n) is 6.79. The second kappa shape index (κ2) is 8.54. The molecule has 1 fully saturated rings. The molecule has 1 amide bonds. The maximum atomic E-state index is 12.7. The molecule has 1 aromatic carbocycles. The van der Waals surface area contributed by atoms with Crippen LogP contribution in [0.4, 0.5) is 13.2 Å². The first-order valence-electron chi connectivity index (χ1n) is 9.13. The van der Waals surface area contributed by atoms with E-state index in [1.165, 1.54) is 16.4 Å². The van der Waals surface area contributed by atoms with Gasteiger partial charge in [0.1, 0.15) is 6.54 Å². The Morgan fingerprint density at radius 3 is 2.52 bits per heavy atom. The number of hydrogen-bond acceptors (Lipinski definition) is 4. The SMILES string of the molecule is O=C(Cn1ccc(C(F)(F)F)n1)NCc1cccc(S(=O)(=O)N2CCCCC2)c1. The zero-order valence-corrected chi connectivity index (χ0v) is 16.3. The van der Waals surface area contributed by atoms with Crippen molar-refractivity contribution >= 4 is 15.9 Å². The van der Waals surface area contributed by atoms with E-state index in [-0.39, 0.29) is 18.0 Å². The smallest absolute Gasteiger partial charge is 0.350 e. The lowest BCUT2D eigenvalue weighted by Gasteiger charge is -2.26. The average Bonchev–Trinajstić information content (AvgIpc) is 3.16. The number of carbonyl (C=O) groups is 1. The van der Waals surface area contributed by atoms with E-state index in [0.29, 0.717) is 18.7 Å². The molecule has 1 aliphatic heterocycles. The molecular weight excluding hydrogens is 409 g/mol. The number of hydrogen-bond donors (Lipinski definition) is 1. The van der Waals surface area contributed by atoms with Crippen LogP contribution in [0.15, 0.2) is 41.4 Å². The number of nitrogens with zero attached hydrogens (tertiary/aromatic N) is 3. The number of aromatic nitrogens is 2. The minimum Gasteiger partial charge on any atom is -0.350 e. The van der Waals surface area contributed by atoms with Gasteiger partial charge in [0, 0.05) is 25.8 Å². The summed E-state index contributed by atoms with van der Waals surface area (Å²) in [7, 11) is -3.58. The van der Waals surface area contributed by atoms with Crippen LogP contribution in [0.25, 0.3) is 0 Å². The van der Waals surface area contributed by atoms with Gasteiger partial charge in [-0.2, -0.15) is 22.6 Å². The molecule has 1 aliphatic rings. The van der Waals surface area contributed by atoms with Crippen LogP contribution >= 0.6 is 0 Å². The van der Waals surface area contributed by atoms with Crippen molar-refractivity contribution in [3.05, 3.63) is 47.8 Å². The summed E-state index contributed by atoms with van der Waals surface area (Å²) in [6.07, 6.45) is -0.814. The molecule has 11 heteroatoms. The largest absolute Gasteiger partial charge is 0.435 e. The molecule has 0 radical (unpaired) electrons. The van der Waals surface area contributed by atoms with Crippen LogP contribution in [0.1, 0.15) is 30.5 Å². The summed E-state index contributed by atoms with van der Waals surface area (Å²) in [4.78, 5) is 12.2. The van der Waals surface area contributed by atoms with E-state index in [0.717, 1.165) is 36.2 Å². The van der Waals surface area contributed by atoms with Crippen molar-refractivity contribution in [2.24, 2.45) is 0 Å². The van der Waals surface area contributed by atoms with Gasteiger partial charge in [0.15, 0.2) is 5.69 Å². The van der Waals surface area contributed by atoms with Gasteiger partial charge >= 0.3 is 6.18 Å². The van der Waals surface area contributed by atoms with E-state index in [9.17, 15) is 26.4 Å². The average molecular weight is 430 g/mol. The van der Waals surface area contributed by atoms with Gasteiger partial charge in [0.2, 0.25) is 15.9 Å². The van der Waals surface area contributed by atoms with Gasteiger partial charge in [-0.3, -0.25) is 9.48 Å². The van der Waals surface area contributed by atoms with E-state index in [1.54, 1.807) is 12.1 Å². The molecule has 0 bridgehead atoms. The number of amides is 1. The standard InChI is InChI=1S/C18H21F3N4O3S/c19-18(20,21)16-7-10-24(23-16)13-17(26)22-12-14-5-4-6-15(11-14)29(27,28)25-8-2-1-3-9-25/h4-7,10-11H,1-3,8-9,12-13H2,(H,22,26). The van der Waals surface area contributed by atoms with Crippen molar-refractivity contribution in [3.63, 3.8) is 0 Å². The Morgan fingerprint density at radius 2 is 1.86 bits per heavy atom. The van der Waals surface area contributed by atoms with Gasteiger partial charge in [-0.1, -0.05) is 18.6 Å². The van der Waals surface area contributed by atoms with Crippen LogP contribution in [0.3, 0.4) is 0 Å². The molecule has 3 rings (SSSR count). The molecule has 1 aromatic heterocycles. The molecule has 29 heavy (non-hydrogen) atoms. The van der Waals surface area contributed by atoms with Gasteiger partial charge in [-0.15, -0.1) is 0 Å². The lowest BCUT2D eigenvalue weighted by Crippen LogP contribution is -2.35. The van der Waals surface area contributed by atoms with E-state index in [4.69, 9.17) is 0 Å². The molecule has 0 aliphatic carbocycles. The number of benzene rings is 1. The molecule has 1 N–H and O–H groups in total. The number of nitrogens with one attached hydrogen (secondary N) is 1. The molecule has 7 nitrogen and oxygen atoms in total. The summed E-state index contributed by atoms with van der Waals surface area (Å²) < 4.78 is 65.5. The number of carbonyl (C=O) groups excluding carboxylic acids is 1. The third-order valence-corrected chi connectivity index (χ3v) is 6.47. The number of rotatable bonds is 6. The first-order valence-corrected chi connectivity index (χ1v) is 10.6. The Bertz CT molecular complexity index is 967. The monoisotopic (exact) mass is 430 g/mol. The molecule has 0 saturated carbocycles. The molecule has 0 atom stereocenters. The summed E-state index contributed by atoms with van der Waals surface area (Å²) in [6.45, 7) is 0.664. The Morgan fingerprint density at radius 1 is 1.14 bits per heavy atom. The molecule has 0 spiro atoms. The Hall–Kier alpha value is -2.40. The fourth-order valence-electron chi connectivity index (χ4n) is 3.07. The molecule has 1 saturated heterocycles. The number of halogens is 3. The van der Waals surface area contributed by atoms with Gasteiger partial charge < -0.3 is 5.32 Å². The minimum absolute atomic E-state index is 0.0512. The van der Waals surface area contributed by atoms with E-state index in [2.05, 4.69) is 10.4 Å². The third kappa shape index (κ3) is 5.36. The lowest BCUT2D eigenvalue weighted by molar-refractivity contribution is -0.141. The van der Waals surface area contributed by atoms with Gasteiger partial charge in [0.05, 0.1) is 4.90 Å². The first kappa shape index (κ1) is 21.3. The topological polar surface area (TPSA) is 84.3 Å². The number of sulfonamides is 1. The normalized spacial score (nSPS) is 16.0. The zero-order chi connectivity index (χ0) is 21.1. The highest BCUT2D eigenvalue weighted by Gasteiger charge is 2.33. The molecule has 0 unspecified atom stereocenters. The lowest BCUT2D eigenvalue weighted by atomic mass is 10.2. The van der Waals surface area contributed by atoms with Crippen molar-refractivity contribution in [3.8, 4) is 0 Å². The highest BCUT2D eigenvalue weighted by atomic mass is 32.2. The van der Waals surface area contributed by atoms with E-state index in [1.807, 2.05) is 0 Å². The Balaban J connectivity index is 1.60. The summed E-state index contributed by atoms with van der Waals surface area (Å²) in [5, 5.41) is 5.88. The maximum absolute atomic E-state index is 12.7. The van der Waals surface area contributed by atoms with E-state index < -0.39 is 27.8 Å². The van der Waals surface area contributed by atoms with Crippen molar-refractivity contribution in [1.82, 2.24) is 19.4 Å². The maximum Gasteiger partial charge on any atom is 0.435 e. The summed E-state index contributed by atoms with van der Waals surface area (Å²) in [6, 6.07) is 7.08. The highest BCUT2D eigenvalue weighted by molar-refractivity contribution is 7.89. The van der Waals surface area contributed by atoms with Crippen molar-refractivity contribution in [2.45, 2.75) is 43.4 Å². The Labute approximate surface area is 166 Å². The fraction of sp³-hybridized carbons (Fsp3) is 0.444. The van der Waals surface area contributed by atoms with Crippen LogP contribution in [0, 0.1) is 0 Å². The number of piperidine rings is 1. The molecule has 2 heterocycles. The minimum atomic E-state index is -4.57. The van der Waals surface area contributed by atoms with Crippen molar-refractivity contribution in [1.29, 1.82) is 0 Å². The van der Waals surface area contributed by atoms with Gasteiger partial charge in [-0.25, -0.2) is 8.42 Å². The molecule has 2 aromatic rings. The van der Waals surface area contributed by atoms with Crippen LogP contribution < -0.4 is 5.32 Å². The predicted molar refractivity (Wildman–Crippen MR) is 98.1 cm³/mol. The van der Waals surface area contributed by atoms with Crippen LogP contribution in [-0.2, 0) is 34.1 Å². The fourth-order valence-corrected chi connectivity index (χ4v) is 4.66. The van der Waals surface area contributed by atoms with Crippen molar-refractivity contribution < 1.29 is 26.4 Å². The third-order valence-electron chi connectivity index (χ3n) is 4.58. The first-order chi connectivity index (χ1) is 13.7. The van der Waals surface area contributed by atoms with Crippen LogP contribution in [0.5, 0.6) is 0 Å². The quantitative estimate of drug-likeness (QED) is 0.763. The zero-order valence-electron chi connectivity index (χ0n) is 15.5. The Kier molecular flexibility index (Phi) is 6.27. The summed E-state index contributed by atoms with van der Waals surface area (Å²) in [5.74, 6) is -0.536. The van der Waals surface area contributed by atoms with Crippen LogP contribution in [0.2, 0.25) is 0 Å². The molecule has 158 valence electrons. The summed E-state index contributed by atoms with van der Waals surface area (Å²) >= 11 is 0. The van der Waals surface area contributed by atoms with Crippen molar-refractivity contribution in [2.75, 3.05) is 13.1 Å². The van der Waals surface area contributed by atoms with E-state index >= 15 is 0 Å². The van der Waals surface area contributed by atoms with Crippen LogP contribution in [-0.4, -0.2) is 41.5 Å². The number of alkyl halides is 3. The predicted octanol–water partition coefficient (Wildman–Crippen LogP) is 2.39. The second-order valence-corrected chi connectivity index (χ2v) is 8.72. The highest BCUT2D eigenvalue weighted by Crippen LogP contribution is 2.27.